The molecular weight excluding hydrogens is 322 g/mol. The first kappa shape index (κ1) is 16.4. The van der Waals surface area contributed by atoms with E-state index in [1.54, 1.807) is 12.1 Å². The van der Waals surface area contributed by atoms with Gasteiger partial charge in [0, 0.05) is 16.8 Å². The van der Waals surface area contributed by atoms with Crippen LogP contribution in [0.4, 0.5) is 11.4 Å². The van der Waals surface area contributed by atoms with Gasteiger partial charge in [-0.05, 0) is 52.6 Å². The lowest BCUT2D eigenvalue weighted by Crippen LogP contribution is -2.25. The lowest BCUT2D eigenvalue weighted by atomic mass is 9.73. The van der Waals surface area contributed by atoms with Gasteiger partial charge in [-0.1, -0.05) is 50.2 Å². The maximum absolute atomic E-state index is 11.6. The first-order chi connectivity index (χ1) is 12.5. The summed E-state index contributed by atoms with van der Waals surface area (Å²) in [6.45, 7) is 4.52. The number of carbonyl (C=O) groups is 1. The van der Waals surface area contributed by atoms with E-state index in [2.05, 4.69) is 61.6 Å². The van der Waals surface area contributed by atoms with Crippen LogP contribution in [0.25, 0.3) is 11.1 Å². The number of rotatable bonds is 2. The Labute approximate surface area is 153 Å². The van der Waals surface area contributed by atoms with Crippen molar-refractivity contribution >= 4 is 17.3 Å². The van der Waals surface area contributed by atoms with Crippen molar-refractivity contribution in [2.75, 3.05) is 12.4 Å². The number of ether oxygens (including phenoxy) is 1. The van der Waals surface area contributed by atoms with Crippen LogP contribution in [0.3, 0.4) is 0 Å². The van der Waals surface area contributed by atoms with Gasteiger partial charge in [-0.3, -0.25) is 0 Å². The Morgan fingerprint density at radius 1 is 0.846 bits per heavy atom. The van der Waals surface area contributed by atoms with E-state index in [0.29, 0.717) is 5.56 Å². The van der Waals surface area contributed by atoms with Gasteiger partial charge in [-0.2, -0.15) is 0 Å². The first-order valence-electron chi connectivity index (χ1n) is 8.70. The quantitative estimate of drug-likeness (QED) is 0.622. The largest absolute Gasteiger partial charge is 0.465 e. The standard InChI is InChI=1S/C23H21NO2/c1-23(2)18-6-4-5-7-20(18)24-21-13-12-17(14-19(21)23)15-8-10-16(11-9-15)22(25)26-3/h4-14,24H,1-3H3. The number of nitrogens with one attached hydrogen (secondary N) is 1. The molecular formula is C23H21NO2. The van der Waals surface area contributed by atoms with E-state index < -0.39 is 0 Å². The molecule has 0 unspecified atom stereocenters. The van der Waals surface area contributed by atoms with Crippen LogP contribution in [-0.2, 0) is 10.2 Å². The van der Waals surface area contributed by atoms with E-state index in [1.165, 1.54) is 23.9 Å². The number of carbonyl (C=O) groups excluding carboxylic acids is 1. The molecule has 3 aromatic rings. The van der Waals surface area contributed by atoms with Crippen LogP contribution in [-0.4, -0.2) is 13.1 Å². The summed E-state index contributed by atoms with van der Waals surface area (Å²) < 4.78 is 4.77. The van der Waals surface area contributed by atoms with Gasteiger partial charge in [-0.15, -0.1) is 0 Å². The third-order valence-electron chi connectivity index (χ3n) is 5.20. The SMILES string of the molecule is COC(=O)c1ccc(-c2ccc3c(c2)C(C)(C)c2ccccc2N3)cc1. The molecule has 0 saturated heterocycles. The van der Waals surface area contributed by atoms with Crippen molar-refractivity contribution in [3.63, 3.8) is 0 Å². The number of para-hydroxylation sites is 1. The number of hydrogen-bond acceptors (Lipinski definition) is 3. The van der Waals surface area contributed by atoms with Crippen LogP contribution in [0.1, 0.15) is 35.3 Å². The predicted molar refractivity (Wildman–Crippen MR) is 105 cm³/mol. The summed E-state index contributed by atoms with van der Waals surface area (Å²) >= 11 is 0. The number of hydrogen-bond donors (Lipinski definition) is 1. The second-order valence-corrected chi connectivity index (χ2v) is 7.12. The normalized spacial score (nSPS) is 14.0. The highest BCUT2D eigenvalue weighted by molar-refractivity contribution is 5.90. The van der Waals surface area contributed by atoms with Crippen LogP contribution in [0.2, 0.25) is 0 Å². The molecule has 130 valence electrons. The molecule has 0 radical (unpaired) electrons. The highest BCUT2D eigenvalue weighted by atomic mass is 16.5. The minimum absolute atomic E-state index is 0.0842. The fraction of sp³-hybridized carbons (Fsp3) is 0.174. The summed E-state index contributed by atoms with van der Waals surface area (Å²) in [4.78, 5) is 11.6. The van der Waals surface area contributed by atoms with E-state index in [9.17, 15) is 4.79 Å². The van der Waals surface area contributed by atoms with Gasteiger partial charge in [0.05, 0.1) is 12.7 Å². The van der Waals surface area contributed by atoms with Crippen LogP contribution < -0.4 is 5.32 Å². The van der Waals surface area contributed by atoms with E-state index >= 15 is 0 Å². The summed E-state index contributed by atoms with van der Waals surface area (Å²) in [5.74, 6) is -0.316. The Morgan fingerprint density at radius 2 is 1.50 bits per heavy atom. The predicted octanol–water partition coefficient (Wildman–Crippen LogP) is 5.52. The zero-order valence-corrected chi connectivity index (χ0v) is 15.2. The van der Waals surface area contributed by atoms with Crippen molar-refractivity contribution < 1.29 is 9.53 Å². The van der Waals surface area contributed by atoms with Crippen LogP contribution in [0.15, 0.2) is 66.7 Å². The first-order valence-corrected chi connectivity index (χ1v) is 8.70. The fourth-order valence-corrected chi connectivity index (χ4v) is 3.69. The van der Waals surface area contributed by atoms with Gasteiger partial charge in [0.2, 0.25) is 0 Å². The Morgan fingerprint density at radius 3 is 2.23 bits per heavy atom. The van der Waals surface area contributed by atoms with Gasteiger partial charge >= 0.3 is 5.97 Å². The molecule has 1 N–H and O–H groups in total. The molecule has 3 aromatic carbocycles. The third-order valence-corrected chi connectivity index (χ3v) is 5.20. The topological polar surface area (TPSA) is 38.3 Å². The van der Waals surface area contributed by atoms with Crippen LogP contribution >= 0.6 is 0 Å². The molecule has 0 aliphatic carbocycles. The number of fused-ring (bicyclic) bond motifs is 2. The monoisotopic (exact) mass is 343 g/mol. The molecule has 0 aromatic heterocycles. The summed E-state index contributed by atoms with van der Waals surface area (Å²) in [5.41, 5.74) is 7.56. The highest BCUT2D eigenvalue weighted by Crippen LogP contribution is 2.46. The smallest absolute Gasteiger partial charge is 0.337 e. The number of anilines is 2. The van der Waals surface area contributed by atoms with Crippen molar-refractivity contribution in [2.45, 2.75) is 19.3 Å². The second-order valence-electron chi connectivity index (χ2n) is 7.12. The molecule has 4 rings (SSSR count). The zero-order valence-electron chi connectivity index (χ0n) is 15.2. The van der Waals surface area contributed by atoms with Gasteiger partial charge in [0.15, 0.2) is 0 Å². The van der Waals surface area contributed by atoms with E-state index in [1.807, 2.05) is 12.1 Å². The van der Waals surface area contributed by atoms with E-state index in [4.69, 9.17) is 4.74 Å². The van der Waals surface area contributed by atoms with E-state index in [0.717, 1.165) is 16.8 Å². The van der Waals surface area contributed by atoms with Crippen molar-refractivity contribution in [3.8, 4) is 11.1 Å². The van der Waals surface area contributed by atoms with Gasteiger partial charge in [-0.25, -0.2) is 4.79 Å². The molecule has 0 amide bonds. The molecule has 3 heteroatoms. The Balaban J connectivity index is 1.76. The lowest BCUT2D eigenvalue weighted by molar-refractivity contribution is 0.0601. The van der Waals surface area contributed by atoms with Crippen molar-refractivity contribution in [2.24, 2.45) is 0 Å². The fourth-order valence-electron chi connectivity index (χ4n) is 3.69. The molecule has 0 fully saturated rings. The zero-order chi connectivity index (χ0) is 18.3. The van der Waals surface area contributed by atoms with Gasteiger partial charge in [0.25, 0.3) is 0 Å². The summed E-state index contributed by atoms with van der Waals surface area (Å²) in [5, 5.41) is 3.55. The highest BCUT2D eigenvalue weighted by Gasteiger charge is 2.32. The van der Waals surface area contributed by atoms with Crippen LogP contribution in [0.5, 0.6) is 0 Å². The third kappa shape index (κ3) is 2.57. The van der Waals surface area contributed by atoms with Crippen LogP contribution in [0, 0.1) is 0 Å². The van der Waals surface area contributed by atoms with Crippen molar-refractivity contribution in [1.29, 1.82) is 0 Å². The number of esters is 1. The van der Waals surface area contributed by atoms with Gasteiger partial charge in [0.1, 0.15) is 0 Å². The maximum Gasteiger partial charge on any atom is 0.337 e. The summed E-state index contributed by atoms with van der Waals surface area (Å²) in [6, 6.07) is 22.5. The van der Waals surface area contributed by atoms with Crippen molar-refractivity contribution in [1.82, 2.24) is 0 Å². The van der Waals surface area contributed by atoms with Gasteiger partial charge < -0.3 is 10.1 Å². The molecule has 1 heterocycles. The van der Waals surface area contributed by atoms with E-state index in [-0.39, 0.29) is 11.4 Å². The maximum atomic E-state index is 11.6. The minimum Gasteiger partial charge on any atom is -0.465 e. The second kappa shape index (κ2) is 6.03. The average molecular weight is 343 g/mol. The molecule has 3 nitrogen and oxygen atoms in total. The number of benzene rings is 3. The Kier molecular flexibility index (Phi) is 3.80. The minimum atomic E-state index is -0.316. The molecule has 0 bridgehead atoms. The molecule has 0 spiro atoms. The average Bonchev–Trinajstić information content (AvgIpc) is 2.67. The molecule has 1 aliphatic heterocycles. The van der Waals surface area contributed by atoms with Crippen molar-refractivity contribution in [3.05, 3.63) is 83.4 Å². The summed E-state index contributed by atoms with van der Waals surface area (Å²) in [7, 11) is 1.40. The number of methoxy groups -OCH3 is 1. The molecule has 26 heavy (non-hydrogen) atoms. The summed E-state index contributed by atoms with van der Waals surface area (Å²) in [6.07, 6.45) is 0. The molecule has 1 aliphatic rings. The molecule has 0 atom stereocenters. The Hall–Kier alpha value is -3.07. The Bertz CT molecular complexity index is 987. The lowest BCUT2D eigenvalue weighted by Gasteiger charge is -2.36. The molecule has 0 saturated carbocycles.